The fourth-order valence-corrected chi connectivity index (χ4v) is 2.84. The molecular weight excluding hydrogens is 318 g/mol. The van der Waals surface area contributed by atoms with Gasteiger partial charge in [-0.15, -0.1) is 0 Å². The van der Waals surface area contributed by atoms with E-state index in [1.807, 2.05) is 39.8 Å². The Morgan fingerprint density at radius 1 is 1.12 bits per heavy atom. The van der Waals surface area contributed by atoms with Gasteiger partial charge in [-0.1, -0.05) is 17.7 Å². The van der Waals surface area contributed by atoms with Gasteiger partial charge < -0.3 is 15.5 Å². The monoisotopic (exact) mass is 345 g/mol. The largest absolute Gasteiger partial charge is 0.354 e. The lowest BCUT2D eigenvalue weighted by atomic mass is 10.1. The molecule has 6 nitrogen and oxygen atoms in total. The summed E-state index contributed by atoms with van der Waals surface area (Å²) in [5, 5.41) is 5.58. The molecule has 1 aliphatic heterocycles. The first kappa shape index (κ1) is 19.0. The third-order valence-corrected chi connectivity index (χ3v) is 4.33. The predicted octanol–water partition coefficient (Wildman–Crippen LogP) is 1.49. The van der Waals surface area contributed by atoms with Crippen molar-refractivity contribution >= 4 is 17.7 Å². The molecule has 2 N–H and O–H groups in total. The highest BCUT2D eigenvalue weighted by atomic mass is 16.2. The van der Waals surface area contributed by atoms with Gasteiger partial charge in [0.05, 0.1) is 5.92 Å². The molecule has 0 saturated carbocycles. The molecule has 2 rings (SSSR count). The maximum atomic E-state index is 12.2. The summed E-state index contributed by atoms with van der Waals surface area (Å²) in [4.78, 5) is 38.0. The van der Waals surface area contributed by atoms with Crippen LogP contribution < -0.4 is 10.6 Å². The SMILES string of the molecule is Cc1ccc(C(=O)NCCNC(=O)C2CC(=O)N(C(C)(C)C)C2)cc1. The van der Waals surface area contributed by atoms with Gasteiger partial charge in [0.2, 0.25) is 11.8 Å². The molecule has 1 fully saturated rings. The second-order valence-electron chi connectivity index (χ2n) is 7.49. The van der Waals surface area contributed by atoms with E-state index in [9.17, 15) is 14.4 Å². The van der Waals surface area contributed by atoms with Crippen molar-refractivity contribution < 1.29 is 14.4 Å². The first-order valence-electron chi connectivity index (χ1n) is 8.61. The van der Waals surface area contributed by atoms with Crippen LogP contribution in [0, 0.1) is 12.8 Å². The van der Waals surface area contributed by atoms with E-state index in [2.05, 4.69) is 10.6 Å². The Morgan fingerprint density at radius 3 is 2.28 bits per heavy atom. The number of hydrogen-bond donors (Lipinski definition) is 2. The number of hydrogen-bond acceptors (Lipinski definition) is 3. The minimum atomic E-state index is -0.320. The summed E-state index contributed by atoms with van der Waals surface area (Å²) in [6, 6.07) is 7.31. The van der Waals surface area contributed by atoms with Gasteiger partial charge in [0.15, 0.2) is 0 Å². The molecule has 3 amide bonds. The first-order valence-corrected chi connectivity index (χ1v) is 8.61. The van der Waals surface area contributed by atoms with Crippen molar-refractivity contribution in [2.24, 2.45) is 5.92 Å². The molecular formula is C19H27N3O3. The normalized spacial score (nSPS) is 17.5. The number of benzene rings is 1. The molecule has 0 spiro atoms. The zero-order chi connectivity index (χ0) is 18.6. The standard InChI is InChI=1S/C19H27N3O3/c1-13-5-7-14(8-6-13)17(24)20-9-10-21-18(25)15-11-16(23)22(12-15)19(2,3)4/h5-8,15H,9-12H2,1-4H3,(H,20,24)(H,21,25). The van der Waals surface area contributed by atoms with Gasteiger partial charge in [0.25, 0.3) is 5.91 Å². The lowest BCUT2D eigenvalue weighted by molar-refractivity contribution is -0.132. The minimum Gasteiger partial charge on any atom is -0.354 e. The number of aryl methyl sites for hydroxylation is 1. The Kier molecular flexibility index (Phi) is 5.82. The van der Waals surface area contributed by atoms with Crippen LogP contribution in [0.1, 0.15) is 43.1 Å². The van der Waals surface area contributed by atoms with Crippen LogP contribution >= 0.6 is 0 Å². The summed E-state index contributed by atoms with van der Waals surface area (Å²) in [7, 11) is 0. The van der Waals surface area contributed by atoms with Crippen molar-refractivity contribution in [3.63, 3.8) is 0 Å². The van der Waals surface area contributed by atoms with Gasteiger partial charge in [-0.25, -0.2) is 0 Å². The fourth-order valence-electron chi connectivity index (χ4n) is 2.84. The third-order valence-electron chi connectivity index (χ3n) is 4.33. The van der Waals surface area contributed by atoms with Gasteiger partial charge in [-0.05, 0) is 39.8 Å². The van der Waals surface area contributed by atoms with Crippen LogP contribution in [0.3, 0.4) is 0 Å². The number of nitrogens with zero attached hydrogens (tertiary/aromatic N) is 1. The van der Waals surface area contributed by atoms with E-state index >= 15 is 0 Å². The van der Waals surface area contributed by atoms with Gasteiger partial charge >= 0.3 is 0 Å². The topological polar surface area (TPSA) is 78.5 Å². The maximum Gasteiger partial charge on any atom is 0.251 e. The van der Waals surface area contributed by atoms with Crippen LogP contribution in [0.25, 0.3) is 0 Å². The van der Waals surface area contributed by atoms with E-state index in [1.54, 1.807) is 17.0 Å². The van der Waals surface area contributed by atoms with Crippen LogP contribution in [-0.4, -0.2) is 47.8 Å². The predicted molar refractivity (Wildman–Crippen MR) is 96.1 cm³/mol. The molecule has 1 atom stereocenters. The summed E-state index contributed by atoms with van der Waals surface area (Å²) in [6.07, 6.45) is 0.249. The second-order valence-corrected chi connectivity index (χ2v) is 7.49. The van der Waals surface area contributed by atoms with E-state index in [1.165, 1.54) is 0 Å². The van der Waals surface area contributed by atoms with Crippen LogP contribution in [0.5, 0.6) is 0 Å². The lowest BCUT2D eigenvalue weighted by Gasteiger charge is -2.31. The Hall–Kier alpha value is -2.37. The highest BCUT2D eigenvalue weighted by Gasteiger charge is 2.39. The van der Waals surface area contributed by atoms with Crippen molar-refractivity contribution in [1.82, 2.24) is 15.5 Å². The summed E-state index contributed by atoms with van der Waals surface area (Å²) in [5.41, 5.74) is 1.42. The van der Waals surface area contributed by atoms with E-state index < -0.39 is 0 Å². The zero-order valence-corrected chi connectivity index (χ0v) is 15.4. The average molecular weight is 345 g/mol. The molecule has 1 aliphatic rings. The van der Waals surface area contributed by atoms with Gasteiger partial charge in [0.1, 0.15) is 0 Å². The number of rotatable bonds is 5. The molecule has 0 aromatic heterocycles. The highest BCUT2D eigenvalue weighted by molar-refractivity contribution is 5.94. The highest BCUT2D eigenvalue weighted by Crippen LogP contribution is 2.25. The van der Waals surface area contributed by atoms with Gasteiger partial charge in [0, 0.05) is 37.2 Å². The number of amides is 3. The molecule has 0 bridgehead atoms. The number of carbonyl (C=O) groups is 3. The van der Waals surface area contributed by atoms with Crippen molar-refractivity contribution in [2.75, 3.05) is 19.6 Å². The van der Waals surface area contributed by atoms with Crippen molar-refractivity contribution in [2.45, 2.75) is 39.7 Å². The molecule has 0 radical (unpaired) electrons. The molecule has 0 aliphatic carbocycles. The molecule has 1 aromatic rings. The second kappa shape index (κ2) is 7.68. The number of likely N-dealkylation sites (tertiary alicyclic amines) is 1. The number of carbonyl (C=O) groups excluding carboxylic acids is 3. The lowest BCUT2D eigenvalue weighted by Crippen LogP contribution is -2.43. The Balaban J connectivity index is 1.73. The maximum absolute atomic E-state index is 12.2. The molecule has 1 unspecified atom stereocenters. The summed E-state index contributed by atoms with van der Waals surface area (Å²) < 4.78 is 0. The van der Waals surface area contributed by atoms with E-state index in [0.717, 1.165) is 5.56 Å². The van der Waals surface area contributed by atoms with Crippen molar-refractivity contribution in [3.8, 4) is 0 Å². The number of nitrogens with one attached hydrogen (secondary N) is 2. The molecule has 25 heavy (non-hydrogen) atoms. The third kappa shape index (κ3) is 5.05. The van der Waals surface area contributed by atoms with Crippen LogP contribution in [0.15, 0.2) is 24.3 Å². The smallest absolute Gasteiger partial charge is 0.251 e. The zero-order valence-electron chi connectivity index (χ0n) is 15.4. The van der Waals surface area contributed by atoms with E-state index in [-0.39, 0.29) is 35.6 Å². The Bertz CT molecular complexity index is 647. The Labute approximate surface area is 149 Å². The van der Waals surface area contributed by atoms with Crippen molar-refractivity contribution in [3.05, 3.63) is 35.4 Å². The van der Waals surface area contributed by atoms with Crippen molar-refractivity contribution in [1.29, 1.82) is 0 Å². The summed E-state index contributed by atoms with van der Waals surface area (Å²) in [6.45, 7) is 9.00. The minimum absolute atomic E-state index is 0.0142. The van der Waals surface area contributed by atoms with E-state index in [4.69, 9.17) is 0 Å². The van der Waals surface area contributed by atoms with Crippen LogP contribution in [-0.2, 0) is 9.59 Å². The molecule has 1 saturated heterocycles. The summed E-state index contributed by atoms with van der Waals surface area (Å²) >= 11 is 0. The first-order chi connectivity index (χ1) is 11.7. The molecule has 136 valence electrons. The fraction of sp³-hybridized carbons (Fsp3) is 0.526. The Morgan fingerprint density at radius 2 is 1.72 bits per heavy atom. The quantitative estimate of drug-likeness (QED) is 0.794. The van der Waals surface area contributed by atoms with E-state index in [0.29, 0.717) is 25.2 Å². The molecule has 6 heteroatoms. The molecule has 1 aromatic carbocycles. The molecule has 1 heterocycles. The van der Waals surface area contributed by atoms with Gasteiger partial charge in [-0.3, -0.25) is 14.4 Å². The average Bonchev–Trinajstić information content (AvgIpc) is 2.94. The van der Waals surface area contributed by atoms with Gasteiger partial charge in [-0.2, -0.15) is 0 Å². The van der Waals surface area contributed by atoms with Crippen LogP contribution in [0.4, 0.5) is 0 Å². The summed E-state index contributed by atoms with van der Waals surface area (Å²) in [5.74, 6) is -0.603. The van der Waals surface area contributed by atoms with Crippen LogP contribution in [0.2, 0.25) is 0 Å².